The molecule has 92 valence electrons. The first-order valence-electron chi connectivity index (χ1n) is 5.74. The summed E-state index contributed by atoms with van der Waals surface area (Å²) in [5.41, 5.74) is 0. The number of hydrogen-bond donors (Lipinski definition) is 1. The highest BCUT2D eigenvalue weighted by atomic mass is 16.8. The molecule has 2 aliphatic heterocycles. The van der Waals surface area contributed by atoms with Crippen LogP contribution < -0.4 is 0 Å². The maximum atomic E-state index is 9.86. The first kappa shape index (κ1) is 12.0. The van der Waals surface area contributed by atoms with Crippen LogP contribution in [0.4, 0.5) is 0 Å². The average Bonchev–Trinajstić information content (AvgIpc) is 2.51. The Morgan fingerprint density at radius 3 is 2.56 bits per heavy atom. The quantitative estimate of drug-likeness (QED) is 0.726. The largest absolute Gasteiger partial charge is 0.366 e. The molecule has 1 N–H and O–H groups in total. The maximum Gasteiger partial charge on any atom is 0.184 e. The lowest BCUT2D eigenvalue weighted by Gasteiger charge is -2.38. The Balaban J connectivity index is 2.14. The summed E-state index contributed by atoms with van der Waals surface area (Å²) in [4.78, 5) is 0. The molecule has 1 unspecified atom stereocenters. The molecule has 0 aromatic carbocycles. The summed E-state index contributed by atoms with van der Waals surface area (Å²) < 4.78 is 17.0. The lowest BCUT2D eigenvalue weighted by molar-refractivity contribution is -0.242. The molecule has 16 heavy (non-hydrogen) atoms. The van der Waals surface area contributed by atoms with Crippen molar-refractivity contribution in [2.75, 3.05) is 0 Å². The van der Waals surface area contributed by atoms with Crippen molar-refractivity contribution in [2.45, 2.75) is 57.6 Å². The first-order chi connectivity index (χ1) is 7.44. The van der Waals surface area contributed by atoms with Gasteiger partial charge in [-0.05, 0) is 20.3 Å². The predicted octanol–water partition coefficient (Wildman–Crippen LogP) is 1.44. The van der Waals surface area contributed by atoms with Gasteiger partial charge in [0.2, 0.25) is 0 Å². The Bertz CT molecular complexity index is 276. The van der Waals surface area contributed by atoms with Crippen LogP contribution in [0.1, 0.15) is 27.2 Å². The molecule has 0 amide bonds. The van der Waals surface area contributed by atoms with Gasteiger partial charge in [-0.15, -0.1) is 6.58 Å². The Morgan fingerprint density at radius 2 is 1.94 bits per heavy atom. The molecule has 5 atom stereocenters. The highest BCUT2D eigenvalue weighted by Gasteiger charge is 2.52. The Hall–Kier alpha value is -0.420. The van der Waals surface area contributed by atoms with E-state index < -0.39 is 12.1 Å². The van der Waals surface area contributed by atoms with Crippen molar-refractivity contribution in [1.82, 2.24) is 0 Å². The normalized spacial score (nSPS) is 46.4. The van der Waals surface area contributed by atoms with E-state index in [4.69, 9.17) is 14.2 Å². The Morgan fingerprint density at radius 1 is 1.31 bits per heavy atom. The zero-order chi connectivity index (χ0) is 11.9. The minimum absolute atomic E-state index is 0.0498. The summed E-state index contributed by atoms with van der Waals surface area (Å²) in [6.07, 6.45) is 1.06. The first-order valence-corrected chi connectivity index (χ1v) is 5.74. The fraction of sp³-hybridized carbons (Fsp3) is 0.833. The van der Waals surface area contributed by atoms with E-state index in [1.165, 1.54) is 0 Å². The zero-order valence-corrected chi connectivity index (χ0v) is 10.1. The van der Waals surface area contributed by atoms with E-state index in [9.17, 15) is 5.11 Å². The number of aliphatic hydroxyl groups excluding tert-OH is 1. The van der Waals surface area contributed by atoms with Crippen LogP contribution in [0.3, 0.4) is 0 Å². The van der Waals surface area contributed by atoms with Gasteiger partial charge in [-0.1, -0.05) is 13.0 Å². The summed E-state index contributed by atoms with van der Waals surface area (Å²) in [7, 11) is 0. The molecule has 0 aliphatic carbocycles. The fourth-order valence-corrected chi connectivity index (χ4v) is 2.47. The van der Waals surface area contributed by atoms with E-state index in [1.807, 2.05) is 13.8 Å². The topological polar surface area (TPSA) is 47.9 Å². The third kappa shape index (κ3) is 2.02. The van der Waals surface area contributed by atoms with Gasteiger partial charge in [-0.25, -0.2) is 0 Å². The van der Waals surface area contributed by atoms with Crippen molar-refractivity contribution in [3.63, 3.8) is 0 Å². The molecule has 0 aromatic heterocycles. The number of ether oxygens (including phenoxy) is 3. The number of fused-ring (bicyclic) bond motifs is 1. The van der Waals surface area contributed by atoms with Crippen LogP contribution in [-0.4, -0.2) is 35.5 Å². The Labute approximate surface area is 96.2 Å². The molecule has 4 heteroatoms. The highest BCUT2D eigenvalue weighted by molar-refractivity contribution is 4.95. The molecule has 0 spiro atoms. The van der Waals surface area contributed by atoms with Gasteiger partial charge < -0.3 is 19.3 Å². The molecule has 0 radical (unpaired) electrons. The molecule has 2 heterocycles. The number of rotatable bonds is 2. The molecular weight excluding hydrogens is 208 g/mol. The Kier molecular flexibility index (Phi) is 3.09. The predicted molar refractivity (Wildman–Crippen MR) is 58.7 cm³/mol. The summed E-state index contributed by atoms with van der Waals surface area (Å²) >= 11 is 0. The second-order valence-electron chi connectivity index (χ2n) is 5.01. The van der Waals surface area contributed by atoms with Crippen LogP contribution in [0, 0.1) is 5.92 Å². The van der Waals surface area contributed by atoms with Gasteiger partial charge >= 0.3 is 0 Å². The van der Waals surface area contributed by atoms with E-state index in [1.54, 1.807) is 6.08 Å². The molecule has 4 nitrogen and oxygen atoms in total. The van der Waals surface area contributed by atoms with E-state index in [-0.39, 0.29) is 24.2 Å². The standard InChI is InChI=1S/C12H20O4/c1-5-6-8-7(2)9-10(11(13)14-8)16-12(3,4)15-9/h5,7-11,13H,1,6H2,2-4H3/t7-,8-,9+,10+,11?/m0/s1. The van der Waals surface area contributed by atoms with Crippen molar-refractivity contribution in [3.05, 3.63) is 12.7 Å². The molecule has 0 bridgehead atoms. The third-order valence-electron chi connectivity index (χ3n) is 3.26. The number of aliphatic hydroxyl groups is 1. The number of hydrogen-bond acceptors (Lipinski definition) is 4. The van der Waals surface area contributed by atoms with Gasteiger partial charge in [0.25, 0.3) is 0 Å². The van der Waals surface area contributed by atoms with Crippen LogP contribution in [0.5, 0.6) is 0 Å². The SMILES string of the molecule is C=CC[C@@H]1OC(O)[C@@H]2OC(C)(C)O[C@@H]2[C@H]1C. The lowest BCUT2D eigenvalue weighted by Crippen LogP contribution is -2.51. The molecule has 0 aromatic rings. The van der Waals surface area contributed by atoms with E-state index >= 15 is 0 Å². The van der Waals surface area contributed by atoms with Gasteiger partial charge in [0.15, 0.2) is 12.1 Å². The third-order valence-corrected chi connectivity index (χ3v) is 3.26. The van der Waals surface area contributed by atoms with Crippen LogP contribution >= 0.6 is 0 Å². The second kappa shape index (κ2) is 4.11. The molecule has 2 saturated heterocycles. The van der Waals surface area contributed by atoms with Crippen molar-refractivity contribution in [1.29, 1.82) is 0 Å². The van der Waals surface area contributed by atoms with E-state index in [2.05, 4.69) is 13.5 Å². The van der Waals surface area contributed by atoms with Gasteiger partial charge in [0, 0.05) is 5.92 Å². The van der Waals surface area contributed by atoms with Gasteiger partial charge in [-0.2, -0.15) is 0 Å². The van der Waals surface area contributed by atoms with Gasteiger partial charge in [0.1, 0.15) is 6.10 Å². The molecule has 2 rings (SSSR count). The van der Waals surface area contributed by atoms with E-state index in [0.29, 0.717) is 6.42 Å². The van der Waals surface area contributed by atoms with Crippen LogP contribution in [0.25, 0.3) is 0 Å². The molecule has 0 saturated carbocycles. The van der Waals surface area contributed by atoms with Crippen LogP contribution in [-0.2, 0) is 14.2 Å². The molecular formula is C12H20O4. The summed E-state index contributed by atoms with van der Waals surface area (Å²) in [5, 5.41) is 9.86. The fourth-order valence-electron chi connectivity index (χ4n) is 2.47. The smallest absolute Gasteiger partial charge is 0.184 e. The summed E-state index contributed by atoms with van der Waals surface area (Å²) in [6.45, 7) is 9.46. The van der Waals surface area contributed by atoms with E-state index in [0.717, 1.165) is 0 Å². The van der Waals surface area contributed by atoms with Crippen molar-refractivity contribution in [2.24, 2.45) is 5.92 Å². The van der Waals surface area contributed by atoms with Crippen molar-refractivity contribution < 1.29 is 19.3 Å². The zero-order valence-electron chi connectivity index (χ0n) is 10.1. The van der Waals surface area contributed by atoms with Gasteiger partial charge in [-0.3, -0.25) is 0 Å². The summed E-state index contributed by atoms with van der Waals surface area (Å²) in [6, 6.07) is 0. The second-order valence-corrected chi connectivity index (χ2v) is 5.01. The average molecular weight is 228 g/mol. The molecule has 2 aliphatic rings. The minimum atomic E-state index is -0.909. The van der Waals surface area contributed by atoms with Crippen LogP contribution in [0.15, 0.2) is 12.7 Å². The maximum absolute atomic E-state index is 9.86. The lowest BCUT2D eigenvalue weighted by atomic mass is 9.89. The van der Waals surface area contributed by atoms with Crippen molar-refractivity contribution in [3.8, 4) is 0 Å². The van der Waals surface area contributed by atoms with Crippen LogP contribution in [0.2, 0.25) is 0 Å². The summed E-state index contributed by atoms with van der Waals surface area (Å²) in [5.74, 6) is -0.454. The highest BCUT2D eigenvalue weighted by Crippen LogP contribution is 2.40. The monoisotopic (exact) mass is 228 g/mol. The minimum Gasteiger partial charge on any atom is -0.366 e. The molecule has 2 fully saturated rings. The van der Waals surface area contributed by atoms with Gasteiger partial charge in [0.05, 0.1) is 12.2 Å². The van der Waals surface area contributed by atoms with Crippen molar-refractivity contribution >= 4 is 0 Å².